The van der Waals surface area contributed by atoms with Crippen molar-refractivity contribution in [1.82, 2.24) is 4.98 Å². The molecule has 0 bridgehead atoms. The van der Waals surface area contributed by atoms with Gasteiger partial charge in [0.15, 0.2) is 5.75 Å². The number of benzene rings is 2. The van der Waals surface area contributed by atoms with E-state index < -0.39 is 0 Å². The highest BCUT2D eigenvalue weighted by Gasteiger charge is 2.14. The minimum atomic E-state index is -0.358. The van der Waals surface area contributed by atoms with E-state index in [4.69, 9.17) is 0 Å². The zero-order chi connectivity index (χ0) is 15.5. The Morgan fingerprint density at radius 3 is 2.78 bits per heavy atom. The summed E-state index contributed by atoms with van der Waals surface area (Å²) in [5.41, 5.74) is 1.33. The van der Waals surface area contributed by atoms with E-state index >= 15 is 0 Å². The minimum absolute atomic E-state index is 0. The first-order valence-corrected chi connectivity index (χ1v) is 7.93. The van der Waals surface area contributed by atoms with Crippen LogP contribution in [-0.2, 0) is 0 Å². The van der Waals surface area contributed by atoms with Gasteiger partial charge in [-0.15, -0.1) is 11.8 Å². The number of nitrogens with zero attached hydrogens (tertiary/aromatic N) is 1. The summed E-state index contributed by atoms with van der Waals surface area (Å²) in [6.45, 7) is 0. The van der Waals surface area contributed by atoms with Crippen molar-refractivity contribution in [1.29, 1.82) is 0 Å². The predicted molar refractivity (Wildman–Crippen MR) is 96.3 cm³/mol. The summed E-state index contributed by atoms with van der Waals surface area (Å²) < 4.78 is 0. The lowest BCUT2D eigenvalue weighted by Crippen LogP contribution is -2.12. The normalized spacial score (nSPS) is 10.1. The molecule has 0 aliphatic rings. The van der Waals surface area contributed by atoms with E-state index in [0.29, 0.717) is 11.2 Å². The number of carbonyl (C=O) groups is 1. The number of fused-ring (bicyclic) bond motifs is 1. The molecule has 2 aromatic carbocycles. The van der Waals surface area contributed by atoms with E-state index in [2.05, 4.69) is 10.3 Å². The Hall–Kier alpha value is -2.53. The number of anilines is 1. The van der Waals surface area contributed by atoms with Crippen molar-refractivity contribution in [3.8, 4) is 5.75 Å². The predicted octanol–water partition coefficient (Wildman–Crippen LogP) is 4.55. The number of phenols is 1. The number of carbonyl (C=O) groups excluding carboxylic acids is 1. The van der Waals surface area contributed by atoms with Gasteiger partial charge in [-0.3, -0.25) is 9.78 Å². The van der Waals surface area contributed by atoms with Crippen LogP contribution in [0.4, 0.5) is 5.69 Å². The molecule has 1 amide bonds. The maximum Gasteiger partial charge on any atom is 0.259 e. The number of thioether (sulfide) groups is 1. The Morgan fingerprint density at radius 1 is 1.17 bits per heavy atom. The molecule has 0 saturated heterocycles. The zero-order valence-corrected chi connectivity index (χ0v) is 12.7. The average molecular weight is 326 g/mol. The lowest BCUT2D eigenvalue weighted by atomic mass is 10.1. The van der Waals surface area contributed by atoms with Crippen molar-refractivity contribution in [2.75, 3.05) is 11.6 Å². The average Bonchev–Trinajstić information content (AvgIpc) is 2.55. The van der Waals surface area contributed by atoms with Gasteiger partial charge in [-0.2, -0.15) is 0 Å². The van der Waals surface area contributed by atoms with Crippen molar-refractivity contribution in [2.24, 2.45) is 0 Å². The summed E-state index contributed by atoms with van der Waals surface area (Å²) in [6, 6.07) is 14.6. The monoisotopic (exact) mass is 326 g/mol. The van der Waals surface area contributed by atoms with E-state index in [-0.39, 0.29) is 24.6 Å². The Morgan fingerprint density at radius 2 is 2.00 bits per heavy atom. The summed E-state index contributed by atoms with van der Waals surface area (Å²) in [5, 5.41) is 13.9. The lowest BCUT2D eigenvalue weighted by Gasteiger charge is -2.09. The van der Waals surface area contributed by atoms with Gasteiger partial charge in [0.25, 0.3) is 5.91 Å². The first kappa shape index (κ1) is 16.8. The number of rotatable bonds is 3. The Bertz CT molecular complexity index is 849. The van der Waals surface area contributed by atoms with E-state index in [1.165, 1.54) is 0 Å². The highest BCUT2D eigenvalue weighted by molar-refractivity contribution is 7.98. The molecule has 0 aliphatic carbocycles. The number of nitrogens with one attached hydrogen (secondary N) is 1. The molecule has 0 radical (unpaired) electrons. The smallest absolute Gasteiger partial charge is 0.259 e. The van der Waals surface area contributed by atoms with Crippen LogP contribution in [0.1, 0.15) is 17.8 Å². The van der Waals surface area contributed by atoms with Gasteiger partial charge in [0.05, 0.1) is 5.56 Å². The number of aromatic hydroxyl groups is 1. The van der Waals surface area contributed by atoms with Gasteiger partial charge in [-0.05, 0) is 36.6 Å². The minimum Gasteiger partial charge on any atom is -0.505 e. The van der Waals surface area contributed by atoms with Gasteiger partial charge < -0.3 is 10.4 Å². The quantitative estimate of drug-likeness (QED) is 0.693. The number of amides is 1. The van der Waals surface area contributed by atoms with E-state index in [1.54, 1.807) is 36.2 Å². The first-order valence-electron chi connectivity index (χ1n) is 6.71. The Labute approximate surface area is 139 Å². The van der Waals surface area contributed by atoms with Gasteiger partial charge in [0.2, 0.25) is 0 Å². The van der Waals surface area contributed by atoms with Gasteiger partial charge in [0, 0.05) is 22.2 Å². The molecule has 0 fully saturated rings. The van der Waals surface area contributed by atoms with E-state index in [1.807, 2.05) is 36.6 Å². The Balaban J connectivity index is 0.00000192. The highest BCUT2D eigenvalue weighted by atomic mass is 32.2. The molecule has 3 rings (SSSR count). The third-order valence-electron chi connectivity index (χ3n) is 3.32. The van der Waals surface area contributed by atoms with Crippen LogP contribution in [-0.4, -0.2) is 22.3 Å². The fraction of sp³-hybridized carbons (Fsp3) is 0.111. The van der Waals surface area contributed by atoms with Crippen LogP contribution >= 0.6 is 11.8 Å². The molecule has 0 aliphatic heterocycles. The summed E-state index contributed by atoms with van der Waals surface area (Å²) in [6.07, 6.45) is 3.56. The summed E-state index contributed by atoms with van der Waals surface area (Å²) in [4.78, 5) is 17.6. The van der Waals surface area contributed by atoms with Crippen molar-refractivity contribution < 1.29 is 9.90 Å². The number of phenolic OH excluding ortho intramolecular Hbond substituents is 1. The molecule has 0 unspecified atom stereocenters. The summed E-state index contributed by atoms with van der Waals surface area (Å²) in [7, 11) is 0. The molecule has 1 aromatic heterocycles. The van der Waals surface area contributed by atoms with Crippen LogP contribution in [0, 0.1) is 0 Å². The number of pyridine rings is 1. The molecule has 0 atom stereocenters. The second kappa shape index (κ2) is 7.15. The molecule has 118 valence electrons. The van der Waals surface area contributed by atoms with Crippen LogP contribution in [0.15, 0.2) is 59.6 Å². The molecule has 5 heteroatoms. The maximum absolute atomic E-state index is 12.4. The lowest BCUT2D eigenvalue weighted by molar-refractivity contribution is 0.102. The third kappa shape index (κ3) is 3.46. The topological polar surface area (TPSA) is 62.2 Å². The second-order valence-electron chi connectivity index (χ2n) is 4.72. The summed E-state index contributed by atoms with van der Waals surface area (Å²) in [5.74, 6) is -0.458. The van der Waals surface area contributed by atoms with Gasteiger partial charge in [-0.1, -0.05) is 25.6 Å². The van der Waals surface area contributed by atoms with Crippen LogP contribution in [0.3, 0.4) is 0 Å². The molecular formula is C18H18N2O2S. The van der Waals surface area contributed by atoms with Gasteiger partial charge in [0.1, 0.15) is 5.52 Å². The van der Waals surface area contributed by atoms with Gasteiger partial charge in [-0.25, -0.2) is 0 Å². The van der Waals surface area contributed by atoms with Crippen LogP contribution in [0.2, 0.25) is 0 Å². The van der Waals surface area contributed by atoms with Crippen molar-refractivity contribution in [3.63, 3.8) is 0 Å². The molecule has 3 aromatic rings. The first-order chi connectivity index (χ1) is 10.7. The Kier molecular flexibility index (Phi) is 5.24. The SMILES string of the molecule is C.CSc1cccc(NC(=O)c2ccc3cccnc3c2O)c1. The van der Waals surface area contributed by atoms with E-state index in [0.717, 1.165) is 10.3 Å². The van der Waals surface area contributed by atoms with Crippen LogP contribution < -0.4 is 5.32 Å². The van der Waals surface area contributed by atoms with Crippen molar-refractivity contribution >= 4 is 34.3 Å². The number of aromatic nitrogens is 1. The maximum atomic E-state index is 12.4. The molecule has 0 spiro atoms. The summed E-state index contributed by atoms with van der Waals surface area (Å²) >= 11 is 1.60. The fourth-order valence-corrected chi connectivity index (χ4v) is 2.67. The largest absolute Gasteiger partial charge is 0.505 e. The molecule has 0 saturated carbocycles. The molecule has 23 heavy (non-hydrogen) atoms. The molecular weight excluding hydrogens is 308 g/mol. The fourth-order valence-electron chi connectivity index (χ4n) is 2.21. The third-order valence-corrected chi connectivity index (χ3v) is 4.05. The van der Waals surface area contributed by atoms with Crippen molar-refractivity contribution in [3.05, 3.63) is 60.3 Å². The number of hydrogen-bond donors (Lipinski definition) is 2. The van der Waals surface area contributed by atoms with Crippen LogP contribution in [0.25, 0.3) is 10.9 Å². The van der Waals surface area contributed by atoms with Crippen molar-refractivity contribution in [2.45, 2.75) is 12.3 Å². The standard InChI is InChI=1S/C17H14N2O2S.CH4/c1-22-13-6-2-5-12(10-13)19-17(21)14-8-7-11-4-3-9-18-15(11)16(14)20;/h2-10,20H,1H3,(H,19,21);1H4. The van der Waals surface area contributed by atoms with Gasteiger partial charge >= 0.3 is 0 Å². The highest BCUT2D eigenvalue weighted by Crippen LogP contribution is 2.27. The zero-order valence-electron chi connectivity index (χ0n) is 11.9. The molecule has 2 N–H and O–H groups in total. The van der Waals surface area contributed by atoms with Crippen LogP contribution in [0.5, 0.6) is 5.75 Å². The van der Waals surface area contributed by atoms with E-state index in [9.17, 15) is 9.90 Å². The number of hydrogen-bond acceptors (Lipinski definition) is 4. The molecule has 4 nitrogen and oxygen atoms in total. The second-order valence-corrected chi connectivity index (χ2v) is 5.60. The molecule has 1 heterocycles.